The topological polar surface area (TPSA) is 79.2 Å². The van der Waals surface area contributed by atoms with Gasteiger partial charge in [0, 0.05) is 12.4 Å². The van der Waals surface area contributed by atoms with Crippen LogP contribution >= 0.6 is 0 Å². The van der Waals surface area contributed by atoms with E-state index < -0.39 is 17.4 Å². The lowest BCUT2D eigenvalue weighted by Gasteiger charge is -2.28. The summed E-state index contributed by atoms with van der Waals surface area (Å²) in [7, 11) is 0. The van der Waals surface area contributed by atoms with E-state index in [1.165, 1.54) is 22.9 Å². The SMILES string of the molecule is CCC[C@@](C)(CO)NC(=O)Nc1cc(F)ccc1-n1cccn1. The van der Waals surface area contributed by atoms with Crippen molar-refractivity contribution in [1.29, 1.82) is 0 Å². The van der Waals surface area contributed by atoms with E-state index in [1.807, 2.05) is 6.92 Å². The van der Waals surface area contributed by atoms with Crippen LogP contribution in [0, 0.1) is 5.82 Å². The average Bonchev–Trinajstić information content (AvgIpc) is 3.01. The number of aliphatic hydroxyl groups is 1. The predicted octanol–water partition coefficient (Wildman–Crippen LogP) is 2.68. The Labute approximate surface area is 134 Å². The molecular weight excluding hydrogens is 299 g/mol. The van der Waals surface area contributed by atoms with Crippen LogP contribution in [0.3, 0.4) is 0 Å². The standard InChI is InChI=1S/C16H21FN4O2/c1-3-7-16(2,11-22)20-15(23)19-13-10-12(17)5-6-14(13)21-9-4-8-18-21/h4-6,8-10,22H,3,7,11H2,1-2H3,(H2,19,20,23)/t16-/m0/s1. The number of nitrogens with one attached hydrogen (secondary N) is 2. The molecule has 0 saturated carbocycles. The van der Waals surface area contributed by atoms with Crippen LogP contribution in [0.1, 0.15) is 26.7 Å². The molecule has 0 unspecified atom stereocenters. The van der Waals surface area contributed by atoms with E-state index in [-0.39, 0.29) is 6.61 Å². The fourth-order valence-electron chi connectivity index (χ4n) is 2.38. The number of nitrogens with zero attached hydrogens (tertiary/aromatic N) is 2. The second kappa shape index (κ2) is 7.23. The minimum atomic E-state index is -0.724. The Bertz CT molecular complexity index is 660. The maximum absolute atomic E-state index is 13.5. The molecule has 6 nitrogen and oxygen atoms in total. The number of benzene rings is 1. The average molecular weight is 320 g/mol. The monoisotopic (exact) mass is 320 g/mol. The van der Waals surface area contributed by atoms with Crippen LogP contribution < -0.4 is 10.6 Å². The van der Waals surface area contributed by atoms with E-state index in [4.69, 9.17) is 0 Å². The largest absolute Gasteiger partial charge is 0.394 e. The molecule has 3 N–H and O–H groups in total. The highest BCUT2D eigenvalue weighted by molar-refractivity contribution is 5.92. The number of aliphatic hydroxyl groups excluding tert-OH is 1. The number of carbonyl (C=O) groups is 1. The Kier molecular flexibility index (Phi) is 5.33. The van der Waals surface area contributed by atoms with Gasteiger partial charge in [0.1, 0.15) is 5.82 Å². The molecule has 0 radical (unpaired) electrons. The summed E-state index contributed by atoms with van der Waals surface area (Å²) in [4.78, 5) is 12.2. The van der Waals surface area contributed by atoms with Gasteiger partial charge >= 0.3 is 6.03 Å². The summed E-state index contributed by atoms with van der Waals surface area (Å²) in [6.45, 7) is 3.55. The molecule has 1 aromatic carbocycles. The van der Waals surface area contributed by atoms with E-state index in [0.29, 0.717) is 17.8 Å². The van der Waals surface area contributed by atoms with Crippen LogP contribution in [0.4, 0.5) is 14.9 Å². The smallest absolute Gasteiger partial charge is 0.319 e. The number of hydrogen-bond donors (Lipinski definition) is 3. The summed E-state index contributed by atoms with van der Waals surface area (Å²) >= 11 is 0. The molecule has 2 aromatic rings. The van der Waals surface area contributed by atoms with Crippen molar-refractivity contribution in [2.24, 2.45) is 0 Å². The first-order valence-corrected chi connectivity index (χ1v) is 7.47. The molecule has 23 heavy (non-hydrogen) atoms. The molecule has 124 valence electrons. The number of anilines is 1. The van der Waals surface area contributed by atoms with E-state index in [0.717, 1.165) is 6.42 Å². The molecule has 2 amide bonds. The van der Waals surface area contributed by atoms with E-state index in [9.17, 15) is 14.3 Å². The van der Waals surface area contributed by atoms with Crippen molar-refractivity contribution in [2.45, 2.75) is 32.2 Å². The number of carbonyl (C=O) groups excluding carboxylic acids is 1. The van der Waals surface area contributed by atoms with E-state index in [1.54, 1.807) is 25.4 Å². The lowest BCUT2D eigenvalue weighted by atomic mass is 9.98. The minimum absolute atomic E-state index is 0.177. The molecule has 0 bridgehead atoms. The summed E-state index contributed by atoms with van der Waals surface area (Å²) < 4.78 is 15.1. The van der Waals surface area contributed by atoms with Crippen LogP contribution in [0.5, 0.6) is 0 Å². The van der Waals surface area contributed by atoms with Crippen molar-refractivity contribution in [2.75, 3.05) is 11.9 Å². The van der Waals surface area contributed by atoms with Gasteiger partial charge in [-0.2, -0.15) is 5.10 Å². The van der Waals surface area contributed by atoms with Gasteiger partial charge in [0.05, 0.1) is 23.5 Å². The third-order valence-corrected chi connectivity index (χ3v) is 3.52. The van der Waals surface area contributed by atoms with Crippen molar-refractivity contribution in [1.82, 2.24) is 15.1 Å². The first-order valence-electron chi connectivity index (χ1n) is 7.47. The van der Waals surface area contributed by atoms with Crippen molar-refractivity contribution >= 4 is 11.7 Å². The molecular formula is C16H21FN4O2. The van der Waals surface area contributed by atoms with Crippen LogP contribution in [0.25, 0.3) is 5.69 Å². The predicted molar refractivity (Wildman–Crippen MR) is 86.1 cm³/mol. The molecule has 1 atom stereocenters. The molecule has 0 fully saturated rings. The van der Waals surface area contributed by atoms with Gasteiger partial charge in [-0.05, 0) is 37.6 Å². The Morgan fingerprint density at radius 1 is 1.48 bits per heavy atom. The van der Waals surface area contributed by atoms with Crippen LogP contribution in [-0.4, -0.2) is 33.1 Å². The summed E-state index contributed by atoms with van der Waals surface area (Å²) in [5.41, 5.74) is 0.119. The molecule has 7 heteroatoms. The van der Waals surface area contributed by atoms with Gasteiger partial charge < -0.3 is 15.7 Å². The number of amides is 2. The third kappa shape index (κ3) is 4.29. The van der Waals surface area contributed by atoms with Crippen molar-refractivity contribution in [3.63, 3.8) is 0 Å². The van der Waals surface area contributed by atoms with Crippen molar-refractivity contribution in [3.8, 4) is 5.69 Å². The molecule has 0 aliphatic carbocycles. The maximum Gasteiger partial charge on any atom is 0.319 e. The molecule has 0 spiro atoms. The van der Waals surface area contributed by atoms with Gasteiger partial charge in [0.2, 0.25) is 0 Å². The van der Waals surface area contributed by atoms with Gasteiger partial charge in [-0.25, -0.2) is 13.9 Å². The van der Waals surface area contributed by atoms with Gasteiger partial charge in [0.15, 0.2) is 0 Å². The van der Waals surface area contributed by atoms with Gasteiger partial charge in [-0.15, -0.1) is 0 Å². The summed E-state index contributed by atoms with van der Waals surface area (Å²) in [6.07, 6.45) is 4.74. The normalized spacial score (nSPS) is 13.4. The first kappa shape index (κ1) is 17.0. The van der Waals surface area contributed by atoms with Crippen molar-refractivity contribution in [3.05, 3.63) is 42.5 Å². The zero-order chi connectivity index (χ0) is 16.9. The Morgan fingerprint density at radius 2 is 2.26 bits per heavy atom. The Hall–Kier alpha value is -2.41. The van der Waals surface area contributed by atoms with E-state index >= 15 is 0 Å². The quantitative estimate of drug-likeness (QED) is 0.765. The van der Waals surface area contributed by atoms with E-state index in [2.05, 4.69) is 15.7 Å². The zero-order valence-electron chi connectivity index (χ0n) is 13.2. The first-order chi connectivity index (χ1) is 11.0. The Balaban J connectivity index is 2.19. The molecule has 0 saturated heterocycles. The van der Waals surface area contributed by atoms with Crippen LogP contribution in [-0.2, 0) is 0 Å². The fraction of sp³-hybridized carbons (Fsp3) is 0.375. The third-order valence-electron chi connectivity index (χ3n) is 3.52. The molecule has 1 heterocycles. The second-order valence-electron chi connectivity index (χ2n) is 5.66. The van der Waals surface area contributed by atoms with Gasteiger partial charge in [0.25, 0.3) is 0 Å². The van der Waals surface area contributed by atoms with Gasteiger partial charge in [-0.3, -0.25) is 0 Å². The zero-order valence-corrected chi connectivity index (χ0v) is 13.2. The number of rotatable bonds is 6. The maximum atomic E-state index is 13.5. The number of halogens is 1. The van der Waals surface area contributed by atoms with Crippen LogP contribution in [0.15, 0.2) is 36.7 Å². The summed E-state index contributed by atoms with van der Waals surface area (Å²) in [5, 5.41) is 18.9. The molecule has 0 aliphatic heterocycles. The Morgan fingerprint density at radius 3 is 2.87 bits per heavy atom. The number of urea groups is 1. The minimum Gasteiger partial charge on any atom is -0.394 e. The van der Waals surface area contributed by atoms with Crippen LogP contribution in [0.2, 0.25) is 0 Å². The lowest BCUT2D eigenvalue weighted by molar-refractivity contribution is 0.167. The fourth-order valence-corrected chi connectivity index (χ4v) is 2.38. The molecule has 0 aliphatic rings. The highest BCUT2D eigenvalue weighted by Gasteiger charge is 2.24. The summed E-state index contributed by atoms with van der Waals surface area (Å²) in [5.74, 6) is -0.463. The summed E-state index contributed by atoms with van der Waals surface area (Å²) in [6, 6.07) is 5.29. The van der Waals surface area contributed by atoms with Gasteiger partial charge in [-0.1, -0.05) is 13.3 Å². The number of hydrogen-bond acceptors (Lipinski definition) is 3. The molecule has 1 aromatic heterocycles. The number of aromatic nitrogens is 2. The highest BCUT2D eigenvalue weighted by Crippen LogP contribution is 2.21. The highest BCUT2D eigenvalue weighted by atomic mass is 19.1. The second-order valence-corrected chi connectivity index (χ2v) is 5.66. The van der Waals surface area contributed by atoms with Crippen molar-refractivity contribution < 1.29 is 14.3 Å². The molecule has 2 rings (SSSR count). The lowest BCUT2D eigenvalue weighted by Crippen LogP contribution is -2.50.